The molecule has 0 radical (unpaired) electrons. The average Bonchev–Trinajstić information content (AvgIpc) is 2.64. The Labute approximate surface area is 130 Å². The van der Waals surface area contributed by atoms with Crippen molar-refractivity contribution < 1.29 is 45.7 Å². The number of esters is 1. The van der Waals surface area contributed by atoms with E-state index < -0.39 is 48.8 Å². The molecule has 1 aliphatic heterocycles. The summed E-state index contributed by atoms with van der Waals surface area (Å²) in [5.74, 6) is -10.7. The quantitative estimate of drug-likeness (QED) is 0.419. The second-order valence-electron chi connectivity index (χ2n) is 5.49. The predicted octanol–water partition coefficient (Wildman–Crippen LogP) is 2.88. The van der Waals surface area contributed by atoms with Gasteiger partial charge in [-0.25, -0.2) is 0 Å². The minimum atomic E-state index is -5.57. The monoisotopic (exact) mass is 350 g/mol. The zero-order valence-corrected chi connectivity index (χ0v) is 13.1. The Hall–Kier alpha value is -1.00. The van der Waals surface area contributed by atoms with Gasteiger partial charge in [0, 0.05) is 7.11 Å². The van der Waals surface area contributed by atoms with Crippen molar-refractivity contribution in [2.45, 2.75) is 50.7 Å². The Bertz CT molecular complexity index is 441. The lowest BCUT2D eigenvalue weighted by molar-refractivity contribution is -0.433. The van der Waals surface area contributed by atoms with E-state index in [1.54, 1.807) is 6.92 Å². The minimum Gasteiger partial charge on any atom is -0.450 e. The lowest BCUT2D eigenvalue weighted by atomic mass is 9.93. The van der Waals surface area contributed by atoms with E-state index in [0.717, 1.165) is 7.11 Å². The SMILES string of the molecule is CCC(C)C(=O)OC1(C)COC(OCOC)(C(F)(F)F)C1(F)F. The van der Waals surface area contributed by atoms with Crippen LogP contribution >= 0.6 is 0 Å². The van der Waals surface area contributed by atoms with Gasteiger partial charge >= 0.3 is 23.9 Å². The Balaban J connectivity index is 3.19. The molecule has 1 fully saturated rings. The second kappa shape index (κ2) is 6.48. The number of ether oxygens (including phenoxy) is 4. The Morgan fingerprint density at radius 3 is 2.35 bits per heavy atom. The van der Waals surface area contributed by atoms with Crippen LogP contribution < -0.4 is 0 Å². The summed E-state index contributed by atoms with van der Waals surface area (Å²) in [7, 11) is 0.972. The van der Waals surface area contributed by atoms with Crippen molar-refractivity contribution in [2.75, 3.05) is 20.5 Å². The molecule has 3 unspecified atom stereocenters. The van der Waals surface area contributed by atoms with Crippen molar-refractivity contribution in [1.82, 2.24) is 0 Å². The normalized spacial score (nSPS) is 31.9. The maximum Gasteiger partial charge on any atom is 0.450 e. The van der Waals surface area contributed by atoms with Crippen LogP contribution in [-0.4, -0.2) is 50.0 Å². The third-order valence-corrected chi connectivity index (χ3v) is 3.72. The molecule has 0 bridgehead atoms. The van der Waals surface area contributed by atoms with Crippen LogP contribution in [0.5, 0.6) is 0 Å². The number of hydrogen-bond donors (Lipinski definition) is 0. The first-order chi connectivity index (χ1) is 10.4. The Kier molecular flexibility index (Phi) is 5.65. The number of alkyl halides is 5. The molecule has 0 aromatic rings. The smallest absolute Gasteiger partial charge is 0.450 e. The summed E-state index contributed by atoms with van der Waals surface area (Å²) in [4.78, 5) is 11.7. The summed E-state index contributed by atoms with van der Waals surface area (Å²) in [5.41, 5.74) is -2.82. The molecular formula is C13H19F5O5. The van der Waals surface area contributed by atoms with E-state index in [-0.39, 0.29) is 6.42 Å². The molecule has 0 spiro atoms. The summed E-state index contributed by atoms with van der Waals surface area (Å²) >= 11 is 0. The minimum absolute atomic E-state index is 0.284. The van der Waals surface area contributed by atoms with Gasteiger partial charge in [-0.15, -0.1) is 0 Å². The summed E-state index contributed by atoms with van der Waals surface area (Å²) in [6, 6.07) is 0. The topological polar surface area (TPSA) is 54.0 Å². The van der Waals surface area contributed by atoms with E-state index in [4.69, 9.17) is 0 Å². The fourth-order valence-corrected chi connectivity index (χ4v) is 1.97. The third-order valence-electron chi connectivity index (χ3n) is 3.72. The van der Waals surface area contributed by atoms with Crippen LogP contribution in [0.25, 0.3) is 0 Å². The number of carbonyl (C=O) groups is 1. The summed E-state index contributed by atoms with van der Waals surface area (Å²) in [6.45, 7) is 1.45. The van der Waals surface area contributed by atoms with Gasteiger partial charge in [-0.3, -0.25) is 4.79 Å². The van der Waals surface area contributed by atoms with E-state index in [2.05, 4.69) is 18.9 Å². The molecule has 136 valence electrons. The molecule has 5 nitrogen and oxygen atoms in total. The van der Waals surface area contributed by atoms with Crippen LogP contribution in [0.4, 0.5) is 22.0 Å². The van der Waals surface area contributed by atoms with Gasteiger partial charge in [0.15, 0.2) is 0 Å². The van der Waals surface area contributed by atoms with Crippen molar-refractivity contribution in [3.63, 3.8) is 0 Å². The van der Waals surface area contributed by atoms with Crippen molar-refractivity contribution in [2.24, 2.45) is 5.92 Å². The fourth-order valence-electron chi connectivity index (χ4n) is 1.97. The van der Waals surface area contributed by atoms with Crippen LogP contribution in [0.2, 0.25) is 0 Å². The molecule has 23 heavy (non-hydrogen) atoms. The number of rotatable bonds is 6. The van der Waals surface area contributed by atoms with Gasteiger partial charge in [0.05, 0.1) is 12.5 Å². The van der Waals surface area contributed by atoms with E-state index in [1.165, 1.54) is 6.92 Å². The molecule has 0 aliphatic carbocycles. The summed E-state index contributed by atoms with van der Waals surface area (Å²) < 4.78 is 86.2. The number of carbonyl (C=O) groups excluding carboxylic acids is 1. The van der Waals surface area contributed by atoms with E-state index in [1.807, 2.05) is 0 Å². The molecule has 0 N–H and O–H groups in total. The predicted molar refractivity (Wildman–Crippen MR) is 66.6 cm³/mol. The first-order valence-electron chi connectivity index (χ1n) is 6.82. The molecule has 0 saturated carbocycles. The first kappa shape index (κ1) is 20.0. The van der Waals surface area contributed by atoms with Gasteiger partial charge in [0.2, 0.25) is 5.60 Å². The van der Waals surface area contributed by atoms with Crippen molar-refractivity contribution in [3.05, 3.63) is 0 Å². The molecule has 1 rings (SSSR count). The zero-order valence-electron chi connectivity index (χ0n) is 13.1. The van der Waals surface area contributed by atoms with Crippen LogP contribution in [0.1, 0.15) is 27.2 Å². The highest BCUT2D eigenvalue weighted by molar-refractivity contribution is 5.72. The van der Waals surface area contributed by atoms with E-state index in [9.17, 15) is 26.7 Å². The molecule has 1 aliphatic rings. The number of methoxy groups -OCH3 is 1. The molecule has 10 heteroatoms. The summed E-state index contributed by atoms with van der Waals surface area (Å²) in [5, 5.41) is 0. The molecule has 0 aromatic carbocycles. The van der Waals surface area contributed by atoms with Gasteiger partial charge in [0.1, 0.15) is 6.79 Å². The highest BCUT2D eigenvalue weighted by atomic mass is 19.4. The van der Waals surface area contributed by atoms with Gasteiger partial charge in [0.25, 0.3) is 0 Å². The highest BCUT2D eigenvalue weighted by Crippen LogP contribution is 2.56. The van der Waals surface area contributed by atoms with Gasteiger partial charge in [-0.2, -0.15) is 22.0 Å². The molecular weight excluding hydrogens is 331 g/mol. The largest absolute Gasteiger partial charge is 0.450 e. The maximum atomic E-state index is 14.6. The molecule has 1 saturated heterocycles. The molecule has 3 atom stereocenters. The van der Waals surface area contributed by atoms with Gasteiger partial charge in [-0.1, -0.05) is 13.8 Å². The molecule has 1 heterocycles. The fraction of sp³-hybridized carbons (Fsp3) is 0.923. The van der Waals surface area contributed by atoms with Crippen molar-refractivity contribution >= 4 is 5.97 Å². The highest BCUT2D eigenvalue weighted by Gasteiger charge is 2.84. The summed E-state index contributed by atoms with van der Waals surface area (Å²) in [6.07, 6.45) is -5.29. The molecule has 0 amide bonds. The standard InChI is InChI=1S/C13H19F5O5/c1-5-8(2)9(19)23-10(3)6-21-12(11(10,14)15,13(16,17)18)22-7-20-4/h8H,5-7H2,1-4H3. The Morgan fingerprint density at radius 2 is 1.91 bits per heavy atom. The van der Waals surface area contributed by atoms with E-state index in [0.29, 0.717) is 6.92 Å². The first-order valence-corrected chi connectivity index (χ1v) is 6.82. The van der Waals surface area contributed by atoms with Crippen LogP contribution in [0, 0.1) is 5.92 Å². The third kappa shape index (κ3) is 3.16. The van der Waals surface area contributed by atoms with Crippen LogP contribution in [0.3, 0.4) is 0 Å². The number of hydrogen-bond acceptors (Lipinski definition) is 5. The van der Waals surface area contributed by atoms with E-state index >= 15 is 0 Å². The maximum absolute atomic E-state index is 14.6. The van der Waals surface area contributed by atoms with Gasteiger partial charge in [-0.05, 0) is 13.3 Å². The molecule has 0 aromatic heterocycles. The van der Waals surface area contributed by atoms with Crippen LogP contribution in [-0.2, 0) is 23.7 Å². The lowest BCUT2D eigenvalue weighted by Gasteiger charge is -2.38. The second-order valence-corrected chi connectivity index (χ2v) is 5.49. The van der Waals surface area contributed by atoms with Crippen LogP contribution in [0.15, 0.2) is 0 Å². The Morgan fingerprint density at radius 1 is 1.35 bits per heavy atom. The average molecular weight is 350 g/mol. The zero-order chi connectivity index (χ0) is 18.1. The van der Waals surface area contributed by atoms with Crippen molar-refractivity contribution in [1.29, 1.82) is 0 Å². The number of halogens is 5. The van der Waals surface area contributed by atoms with Crippen molar-refractivity contribution in [3.8, 4) is 0 Å². The van der Waals surface area contributed by atoms with Gasteiger partial charge < -0.3 is 18.9 Å². The lowest BCUT2D eigenvalue weighted by Crippen LogP contribution is -2.65.